The molecule has 0 spiro atoms. The minimum atomic E-state index is -1.42. The van der Waals surface area contributed by atoms with Crippen LogP contribution < -0.4 is 5.32 Å². The fourth-order valence-corrected chi connectivity index (χ4v) is 2.25. The van der Waals surface area contributed by atoms with E-state index in [0.717, 1.165) is 24.4 Å². The Morgan fingerprint density at radius 3 is 2.76 bits per heavy atom. The van der Waals surface area contributed by atoms with E-state index < -0.39 is 17.2 Å². The molecule has 0 aliphatic carbocycles. The number of aliphatic hydroxyl groups is 1. The highest BCUT2D eigenvalue weighted by molar-refractivity contribution is 5.24. The Balaban J connectivity index is 2.01. The molecule has 4 nitrogen and oxygen atoms in total. The summed E-state index contributed by atoms with van der Waals surface area (Å²) in [6, 6.07) is 5.06. The molecule has 114 valence electrons. The van der Waals surface area contributed by atoms with Gasteiger partial charge in [0.05, 0.1) is 5.69 Å². The monoisotopic (exact) mass is 295 g/mol. The summed E-state index contributed by atoms with van der Waals surface area (Å²) in [6.45, 7) is 4.89. The van der Waals surface area contributed by atoms with Gasteiger partial charge in [0.2, 0.25) is 0 Å². The van der Waals surface area contributed by atoms with Gasteiger partial charge in [-0.05, 0) is 26.0 Å². The van der Waals surface area contributed by atoms with Crippen LogP contribution in [0.1, 0.15) is 25.1 Å². The van der Waals surface area contributed by atoms with Crippen molar-refractivity contribution in [1.29, 1.82) is 0 Å². The van der Waals surface area contributed by atoms with Crippen molar-refractivity contribution in [2.45, 2.75) is 32.5 Å². The third kappa shape index (κ3) is 3.65. The maximum atomic E-state index is 13.7. The molecular weight excluding hydrogens is 276 g/mol. The molecule has 6 heteroatoms. The molecule has 0 fully saturated rings. The number of halogens is 2. The van der Waals surface area contributed by atoms with Crippen molar-refractivity contribution in [2.24, 2.45) is 0 Å². The van der Waals surface area contributed by atoms with Gasteiger partial charge in [-0.3, -0.25) is 4.68 Å². The minimum absolute atomic E-state index is 0.0698. The zero-order valence-electron chi connectivity index (χ0n) is 12.1. The number of hydrogen-bond acceptors (Lipinski definition) is 3. The van der Waals surface area contributed by atoms with E-state index in [1.54, 1.807) is 6.20 Å². The van der Waals surface area contributed by atoms with E-state index in [1.807, 2.05) is 17.7 Å². The summed E-state index contributed by atoms with van der Waals surface area (Å²) in [5.74, 6) is -1.41. The molecule has 2 rings (SSSR count). The summed E-state index contributed by atoms with van der Waals surface area (Å²) >= 11 is 0. The number of benzene rings is 1. The topological polar surface area (TPSA) is 50.1 Å². The lowest BCUT2D eigenvalue weighted by Crippen LogP contribution is -2.36. The van der Waals surface area contributed by atoms with Gasteiger partial charge in [0.25, 0.3) is 0 Å². The van der Waals surface area contributed by atoms with Gasteiger partial charge >= 0.3 is 0 Å². The van der Waals surface area contributed by atoms with Crippen LogP contribution in [-0.4, -0.2) is 21.4 Å². The van der Waals surface area contributed by atoms with E-state index in [1.165, 1.54) is 13.0 Å². The van der Waals surface area contributed by atoms with Crippen LogP contribution in [0.15, 0.2) is 30.5 Å². The quantitative estimate of drug-likeness (QED) is 0.859. The molecule has 21 heavy (non-hydrogen) atoms. The maximum Gasteiger partial charge on any atom is 0.132 e. The van der Waals surface area contributed by atoms with Crippen molar-refractivity contribution in [3.8, 4) is 0 Å². The van der Waals surface area contributed by atoms with E-state index in [2.05, 4.69) is 10.4 Å². The van der Waals surface area contributed by atoms with Crippen molar-refractivity contribution >= 4 is 0 Å². The number of aromatic nitrogens is 2. The first-order chi connectivity index (χ1) is 9.94. The van der Waals surface area contributed by atoms with Crippen LogP contribution in [0.2, 0.25) is 0 Å². The van der Waals surface area contributed by atoms with Crippen LogP contribution in [-0.2, 0) is 18.7 Å². The Morgan fingerprint density at radius 2 is 2.10 bits per heavy atom. The molecule has 0 amide bonds. The molecule has 0 bridgehead atoms. The Kier molecular flexibility index (Phi) is 4.69. The lowest BCUT2D eigenvalue weighted by atomic mass is 9.95. The van der Waals surface area contributed by atoms with Gasteiger partial charge in [-0.25, -0.2) is 8.78 Å². The second-order valence-electron chi connectivity index (χ2n) is 5.14. The highest BCUT2D eigenvalue weighted by Crippen LogP contribution is 2.23. The average Bonchev–Trinajstić information content (AvgIpc) is 2.85. The summed E-state index contributed by atoms with van der Waals surface area (Å²) in [5.41, 5.74) is -0.372. The predicted molar refractivity (Wildman–Crippen MR) is 75.5 cm³/mol. The normalized spacial score (nSPS) is 14.1. The third-order valence-corrected chi connectivity index (χ3v) is 3.39. The van der Waals surface area contributed by atoms with Gasteiger partial charge in [-0.1, -0.05) is 6.07 Å². The number of nitrogens with zero attached hydrogens (tertiary/aromatic N) is 2. The lowest BCUT2D eigenvalue weighted by molar-refractivity contribution is 0.0526. The van der Waals surface area contributed by atoms with Crippen molar-refractivity contribution in [2.75, 3.05) is 6.54 Å². The Bertz CT molecular complexity index is 611. The molecule has 1 aromatic heterocycles. The zero-order valence-corrected chi connectivity index (χ0v) is 12.1. The summed E-state index contributed by atoms with van der Waals surface area (Å²) in [7, 11) is 0. The first-order valence-electron chi connectivity index (χ1n) is 6.83. The second-order valence-corrected chi connectivity index (χ2v) is 5.14. The van der Waals surface area contributed by atoms with Crippen molar-refractivity contribution < 1.29 is 13.9 Å². The van der Waals surface area contributed by atoms with Gasteiger partial charge in [0.1, 0.15) is 17.2 Å². The summed E-state index contributed by atoms with van der Waals surface area (Å²) in [5, 5.41) is 17.6. The Hall–Kier alpha value is -1.79. The van der Waals surface area contributed by atoms with E-state index in [4.69, 9.17) is 0 Å². The Labute approximate surface area is 122 Å². The lowest BCUT2D eigenvalue weighted by Gasteiger charge is -2.25. The van der Waals surface area contributed by atoms with Crippen LogP contribution in [0.3, 0.4) is 0 Å². The largest absolute Gasteiger partial charge is 0.384 e. The standard InChI is InChI=1S/C15H19F2N3O/c1-3-20-12(6-7-19-20)9-18-10-15(2,21)13-5-4-11(16)8-14(13)17/h4-8,18,21H,3,9-10H2,1-2H3. The molecule has 1 heterocycles. The number of hydrogen-bond donors (Lipinski definition) is 2. The number of aryl methyl sites for hydroxylation is 1. The fourth-order valence-electron chi connectivity index (χ4n) is 2.25. The fraction of sp³-hybridized carbons (Fsp3) is 0.400. The first-order valence-corrected chi connectivity index (χ1v) is 6.83. The third-order valence-electron chi connectivity index (χ3n) is 3.39. The van der Waals surface area contributed by atoms with E-state index in [0.29, 0.717) is 6.54 Å². The van der Waals surface area contributed by atoms with Crippen LogP contribution in [0.4, 0.5) is 8.78 Å². The molecule has 2 N–H and O–H groups in total. The molecule has 0 aliphatic heterocycles. The molecule has 1 aromatic carbocycles. The molecule has 1 atom stereocenters. The number of rotatable bonds is 6. The average molecular weight is 295 g/mol. The van der Waals surface area contributed by atoms with Gasteiger partial charge < -0.3 is 10.4 Å². The molecule has 1 unspecified atom stereocenters. The molecule has 0 aliphatic rings. The SMILES string of the molecule is CCn1nccc1CNCC(C)(O)c1ccc(F)cc1F. The van der Waals surface area contributed by atoms with Crippen LogP contribution in [0.5, 0.6) is 0 Å². The summed E-state index contributed by atoms with van der Waals surface area (Å²) < 4.78 is 28.5. The highest BCUT2D eigenvalue weighted by Gasteiger charge is 2.26. The summed E-state index contributed by atoms with van der Waals surface area (Å²) in [4.78, 5) is 0. The van der Waals surface area contributed by atoms with Crippen molar-refractivity contribution in [3.05, 3.63) is 53.4 Å². The van der Waals surface area contributed by atoms with Gasteiger partial charge in [-0.15, -0.1) is 0 Å². The first kappa shape index (κ1) is 15.6. The summed E-state index contributed by atoms with van der Waals surface area (Å²) in [6.07, 6.45) is 1.71. The van der Waals surface area contributed by atoms with Crippen LogP contribution in [0.25, 0.3) is 0 Å². The van der Waals surface area contributed by atoms with Gasteiger partial charge in [-0.2, -0.15) is 5.10 Å². The van der Waals surface area contributed by atoms with Crippen LogP contribution in [0, 0.1) is 11.6 Å². The molecule has 2 aromatic rings. The van der Waals surface area contributed by atoms with Gasteiger partial charge in [0.15, 0.2) is 0 Å². The minimum Gasteiger partial charge on any atom is -0.384 e. The van der Waals surface area contributed by atoms with Crippen molar-refractivity contribution in [1.82, 2.24) is 15.1 Å². The highest BCUT2D eigenvalue weighted by atomic mass is 19.1. The van der Waals surface area contributed by atoms with E-state index in [9.17, 15) is 13.9 Å². The maximum absolute atomic E-state index is 13.7. The number of nitrogens with one attached hydrogen (secondary N) is 1. The second kappa shape index (κ2) is 6.32. The van der Waals surface area contributed by atoms with E-state index >= 15 is 0 Å². The molecule has 0 radical (unpaired) electrons. The van der Waals surface area contributed by atoms with Crippen molar-refractivity contribution in [3.63, 3.8) is 0 Å². The molecule has 0 saturated carbocycles. The Morgan fingerprint density at radius 1 is 1.33 bits per heavy atom. The van der Waals surface area contributed by atoms with E-state index in [-0.39, 0.29) is 12.1 Å². The van der Waals surface area contributed by atoms with Gasteiger partial charge in [0, 0.05) is 37.5 Å². The molecule has 0 saturated heterocycles. The zero-order chi connectivity index (χ0) is 15.5. The smallest absolute Gasteiger partial charge is 0.132 e. The molecular formula is C15H19F2N3O. The predicted octanol–water partition coefficient (Wildman–Crippen LogP) is 2.18. The van der Waals surface area contributed by atoms with Crippen LogP contribution >= 0.6 is 0 Å².